The summed E-state index contributed by atoms with van der Waals surface area (Å²) in [5, 5.41) is 21.4. The summed E-state index contributed by atoms with van der Waals surface area (Å²) in [6.07, 6.45) is 4.50. The molecule has 6 heteroatoms. The van der Waals surface area contributed by atoms with Gasteiger partial charge in [0.15, 0.2) is 5.96 Å². The lowest BCUT2D eigenvalue weighted by atomic mass is 9.98. The van der Waals surface area contributed by atoms with Crippen molar-refractivity contribution in [1.82, 2.24) is 20.4 Å². The van der Waals surface area contributed by atoms with E-state index >= 15 is 0 Å². The highest BCUT2D eigenvalue weighted by molar-refractivity contribution is 5.79. The van der Waals surface area contributed by atoms with E-state index in [4.69, 9.17) is 0 Å². The monoisotopic (exact) mass is 357 g/mol. The van der Waals surface area contributed by atoms with E-state index < -0.39 is 5.60 Å². The van der Waals surface area contributed by atoms with Gasteiger partial charge in [-0.2, -0.15) is 5.10 Å². The first-order chi connectivity index (χ1) is 12.4. The third kappa shape index (κ3) is 5.88. The van der Waals surface area contributed by atoms with Crippen molar-refractivity contribution in [2.75, 3.05) is 19.6 Å². The maximum atomic E-state index is 10.7. The van der Waals surface area contributed by atoms with Gasteiger partial charge in [-0.15, -0.1) is 0 Å². The zero-order chi connectivity index (χ0) is 19.0. The highest BCUT2D eigenvalue weighted by Gasteiger charge is 2.24. The van der Waals surface area contributed by atoms with Crippen LogP contribution in [0.25, 0.3) is 0 Å². The molecule has 6 nitrogen and oxygen atoms in total. The summed E-state index contributed by atoms with van der Waals surface area (Å²) in [6.45, 7) is 7.88. The van der Waals surface area contributed by atoms with Crippen LogP contribution in [-0.2, 0) is 12.6 Å². The summed E-state index contributed by atoms with van der Waals surface area (Å²) >= 11 is 0. The van der Waals surface area contributed by atoms with Gasteiger partial charge >= 0.3 is 0 Å². The van der Waals surface area contributed by atoms with Crippen molar-refractivity contribution in [1.29, 1.82) is 0 Å². The molecule has 0 saturated carbocycles. The van der Waals surface area contributed by atoms with Crippen LogP contribution in [0.5, 0.6) is 0 Å². The molecule has 1 aromatic carbocycles. The molecule has 0 amide bonds. The Morgan fingerprint density at radius 2 is 2.04 bits per heavy atom. The molecule has 0 fully saturated rings. The molecule has 0 saturated heterocycles. The van der Waals surface area contributed by atoms with Crippen LogP contribution in [-0.4, -0.2) is 40.5 Å². The molecule has 2 unspecified atom stereocenters. The third-order valence-electron chi connectivity index (χ3n) is 4.45. The van der Waals surface area contributed by atoms with Crippen molar-refractivity contribution in [3.63, 3.8) is 0 Å². The highest BCUT2D eigenvalue weighted by Crippen LogP contribution is 2.20. The largest absolute Gasteiger partial charge is 0.383 e. The Balaban J connectivity index is 1.90. The number of benzene rings is 1. The predicted molar refractivity (Wildman–Crippen MR) is 106 cm³/mol. The van der Waals surface area contributed by atoms with Gasteiger partial charge in [-0.3, -0.25) is 4.68 Å². The number of nitrogens with one attached hydrogen (secondary N) is 2. The van der Waals surface area contributed by atoms with Gasteiger partial charge in [-0.25, -0.2) is 4.99 Å². The van der Waals surface area contributed by atoms with Gasteiger partial charge in [0.2, 0.25) is 0 Å². The molecule has 0 spiro atoms. The van der Waals surface area contributed by atoms with Gasteiger partial charge in [-0.05, 0) is 31.7 Å². The lowest BCUT2D eigenvalue weighted by molar-refractivity contribution is 0.0672. The molecule has 0 aliphatic carbocycles. The Morgan fingerprint density at radius 1 is 1.31 bits per heavy atom. The van der Waals surface area contributed by atoms with Gasteiger partial charge in [0.1, 0.15) is 5.60 Å². The molecule has 2 aromatic rings. The predicted octanol–water partition coefficient (Wildman–Crippen LogP) is 2.38. The van der Waals surface area contributed by atoms with E-state index in [-0.39, 0.29) is 6.54 Å². The van der Waals surface area contributed by atoms with Gasteiger partial charge in [0, 0.05) is 31.9 Å². The van der Waals surface area contributed by atoms with Gasteiger partial charge in [0.05, 0.1) is 12.7 Å². The lowest BCUT2D eigenvalue weighted by Crippen LogP contribution is -2.39. The van der Waals surface area contributed by atoms with Crippen molar-refractivity contribution in [2.45, 2.75) is 38.7 Å². The van der Waals surface area contributed by atoms with E-state index in [1.807, 2.05) is 26.2 Å². The van der Waals surface area contributed by atoms with E-state index in [0.29, 0.717) is 5.92 Å². The molecule has 0 aliphatic rings. The summed E-state index contributed by atoms with van der Waals surface area (Å²) in [5.74, 6) is 1.20. The number of nitrogens with zero attached hydrogens (tertiary/aromatic N) is 3. The number of hydrogen-bond acceptors (Lipinski definition) is 3. The quantitative estimate of drug-likeness (QED) is 0.501. The normalized spacial score (nSPS) is 15.3. The molecule has 0 aliphatic heterocycles. The Bertz CT molecular complexity index is 693. The van der Waals surface area contributed by atoms with Crippen molar-refractivity contribution >= 4 is 5.96 Å². The minimum absolute atomic E-state index is 0.266. The van der Waals surface area contributed by atoms with Gasteiger partial charge < -0.3 is 15.7 Å². The first-order valence-electron chi connectivity index (χ1n) is 9.21. The second-order valence-electron chi connectivity index (χ2n) is 6.90. The Kier molecular flexibility index (Phi) is 7.21. The molecular formula is C20H31N5O. The fourth-order valence-electron chi connectivity index (χ4n) is 2.72. The van der Waals surface area contributed by atoms with Crippen molar-refractivity contribution in [3.05, 3.63) is 53.9 Å². The molecule has 2 atom stereocenters. The van der Waals surface area contributed by atoms with E-state index in [2.05, 4.69) is 51.9 Å². The molecule has 0 bridgehead atoms. The Morgan fingerprint density at radius 3 is 2.65 bits per heavy atom. The number of aromatic nitrogens is 2. The molecule has 0 radical (unpaired) electrons. The first kappa shape index (κ1) is 20.0. The van der Waals surface area contributed by atoms with Crippen molar-refractivity contribution < 1.29 is 5.11 Å². The summed E-state index contributed by atoms with van der Waals surface area (Å²) in [5.41, 5.74) is 1.06. The number of guanidine groups is 1. The van der Waals surface area contributed by atoms with Crippen molar-refractivity contribution in [2.24, 2.45) is 12.0 Å². The van der Waals surface area contributed by atoms with Crippen LogP contribution in [0.4, 0.5) is 0 Å². The van der Waals surface area contributed by atoms with E-state index in [9.17, 15) is 5.11 Å². The summed E-state index contributed by atoms with van der Waals surface area (Å²) in [6, 6.07) is 10.5. The smallest absolute Gasteiger partial charge is 0.191 e. The average Bonchev–Trinajstić information content (AvgIpc) is 3.08. The number of hydrogen-bond donors (Lipinski definition) is 3. The maximum Gasteiger partial charge on any atom is 0.191 e. The first-order valence-corrected chi connectivity index (χ1v) is 9.21. The second-order valence-corrected chi connectivity index (χ2v) is 6.90. The third-order valence-corrected chi connectivity index (χ3v) is 4.45. The van der Waals surface area contributed by atoms with Crippen LogP contribution < -0.4 is 10.6 Å². The standard InChI is InChI=1S/C20H31N5O/c1-5-21-19(22-12-11-16(2)17-9-7-6-8-10-17)23-15-20(3,26)18-13-24-25(4)14-18/h6-10,13-14,16,26H,5,11-12,15H2,1-4H3,(H2,21,22,23). The number of rotatable bonds is 8. The fraction of sp³-hybridized carbons (Fsp3) is 0.500. The topological polar surface area (TPSA) is 74.5 Å². The Hall–Kier alpha value is -2.34. The molecular weight excluding hydrogens is 326 g/mol. The average molecular weight is 358 g/mol. The molecule has 2 rings (SSSR count). The van der Waals surface area contributed by atoms with Crippen LogP contribution in [0.3, 0.4) is 0 Å². The van der Waals surface area contributed by atoms with Gasteiger partial charge in [-0.1, -0.05) is 37.3 Å². The van der Waals surface area contributed by atoms with Crippen molar-refractivity contribution in [3.8, 4) is 0 Å². The maximum absolute atomic E-state index is 10.7. The molecule has 3 N–H and O–H groups in total. The fourth-order valence-corrected chi connectivity index (χ4v) is 2.72. The summed E-state index contributed by atoms with van der Waals surface area (Å²) < 4.78 is 1.68. The molecule has 142 valence electrons. The van der Waals surface area contributed by atoms with Crippen LogP contribution in [0.15, 0.2) is 47.7 Å². The minimum Gasteiger partial charge on any atom is -0.383 e. The summed E-state index contributed by atoms with van der Waals surface area (Å²) in [4.78, 5) is 4.55. The van der Waals surface area contributed by atoms with E-state index in [1.165, 1.54) is 5.56 Å². The SMILES string of the molecule is CCNC(=NCC(C)(O)c1cnn(C)c1)NCCC(C)c1ccccc1. The number of aliphatic hydroxyl groups is 1. The molecule has 26 heavy (non-hydrogen) atoms. The number of aryl methyl sites for hydroxylation is 1. The number of aliphatic imine (C=N–C) groups is 1. The lowest BCUT2D eigenvalue weighted by Gasteiger charge is -2.21. The zero-order valence-electron chi connectivity index (χ0n) is 16.2. The van der Waals surface area contributed by atoms with Crippen LogP contribution >= 0.6 is 0 Å². The van der Waals surface area contributed by atoms with Crippen LogP contribution in [0.2, 0.25) is 0 Å². The van der Waals surface area contributed by atoms with Crippen LogP contribution in [0, 0.1) is 0 Å². The van der Waals surface area contributed by atoms with Gasteiger partial charge in [0.25, 0.3) is 0 Å². The molecule has 1 heterocycles. The second kappa shape index (κ2) is 9.38. The Labute approximate surface area is 156 Å². The zero-order valence-corrected chi connectivity index (χ0v) is 16.2. The summed E-state index contributed by atoms with van der Waals surface area (Å²) in [7, 11) is 1.84. The molecule has 1 aromatic heterocycles. The highest BCUT2D eigenvalue weighted by atomic mass is 16.3. The van der Waals surface area contributed by atoms with E-state index in [1.54, 1.807) is 17.8 Å². The minimum atomic E-state index is -1.05. The van der Waals surface area contributed by atoms with E-state index in [0.717, 1.165) is 31.0 Å². The van der Waals surface area contributed by atoms with Crippen LogP contribution in [0.1, 0.15) is 44.2 Å².